The first-order valence-corrected chi connectivity index (χ1v) is 12.2. The van der Waals surface area contributed by atoms with E-state index in [0.717, 1.165) is 28.2 Å². The second-order valence-corrected chi connectivity index (χ2v) is 9.97. The number of nitrogens with one attached hydrogen (secondary N) is 2. The van der Waals surface area contributed by atoms with E-state index in [1.54, 1.807) is 30.1 Å². The molecule has 0 unspecified atom stereocenters. The van der Waals surface area contributed by atoms with Crippen molar-refractivity contribution in [2.24, 2.45) is 5.92 Å². The summed E-state index contributed by atoms with van der Waals surface area (Å²) in [4.78, 5) is 20.8. The van der Waals surface area contributed by atoms with Gasteiger partial charge >= 0.3 is 6.03 Å². The number of carbonyl (C=O) groups excluding carboxylic acids is 1. The molecule has 158 valence electrons. The monoisotopic (exact) mass is 462 g/mol. The highest BCUT2D eigenvalue weighted by molar-refractivity contribution is 8.00. The molecule has 0 radical (unpaired) electrons. The maximum atomic E-state index is 12.1. The standard InChI is InChI=1S/C21H23ClN4O2S2/c22-16-8-4-5-9-17(16)25-20(27)26-21-24-12-19(30-21)29-13-18-23-11-15(28-18)10-14-6-2-1-3-7-14/h4-5,8-9,11-12,14H,1-3,6-7,10,13H2,(H2,24,25,26,27). The number of benzene rings is 1. The van der Waals surface area contributed by atoms with Crippen molar-refractivity contribution in [2.75, 3.05) is 10.6 Å². The van der Waals surface area contributed by atoms with Gasteiger partial charge in [-0.05, 0) is 18.1 Å². The second kappa shape index (κ2) is 10.3. The Labute approximate surface area is 188 Å². The van der Waals surface area contributed by atoms with E-state index in [0.29, 0.717) is 21.6 Å². The SMILES string of the molecule is O=C(Nc1ncc(SCc2ncc(CC3CCCCC3)o2)s1)Nc1ccccc1Cl. The van der Waals surface area contributed by atoms with Crippen LogP contribution in [0.1, 0.15) is 43.8 Å². The summed E-state index contributed by atoms with van der Waals surface area (Å²) in [6.07, 6.45) is 11.2. The van der Waals surface area contributed by atoms with Gasteiger partial charge in [0.05, 0.1) is 33.1 Å². The molecule has 4 rings (SSSR count). The van der Waals surface area contributed by atoms with Crippen molar-refractivity contribution in [2.45, 2.75) is 48.5 Å². The number of thiazole rings is 1. The van der Waals surface area contributed by atoms with Crippen LogP contribution in [0.3, 0.4) is 0 Å². The van der Waals surface area contributed by atoms with Crippen LogP contribution in [0.4, 0.5) is 15.6 Å². The Morgan fingerprint density at radius 3 is 2.83 bits per heavy atom. The maximum Gasteiger partial charge on any atom is 0.325 e. The molecule has 0 saturated heterocycles. The number of rotatable bonds is 7. The Morgan fingerprint density at radius 1 is 1.17 bits per heavy atom. The van der Waals surface area contributed by atoms with Crippen LogP contribution in [0.15, 0.2) is 45.3 Å². The van der Waals surface area contributed by atoms with Gasteiger partial charge in [-0.2, -0.15) is 0 Å². The predicted molar refractivity (Wildman–Crippen MR) is 123 cm³/mol. The highest BCUT2D eigenvalue weighted by Gasteiger charge is 2.16. The predicted octanol–water partition coefficient (Wildman–Crippen LogP) is 6.84. The number of carbonyl (C=O) groups is 1. The number of oxazole rings is 1. The van der Waals surface area contributed by atoms with E-state index in [9.17, 15) is 4.79 Å². The number of para-hydroxylation sites is 1. The summed E-state index contributed by atoms with van der Waals surface area (Å²) >= 11 is 9.06. The lowest BCUT2D eigenvalue weighted by Crippen LogP contribution is -2.19. The summed E-state index contributed by atoms with van der Waals surface area (Å²) in [5, 5.41) is 6.45. The maximum absolute atomic E-state index is 12.1. The third-order valence-corrected chi connectivity index (χ3v) is 7.40. The van der Waals surface area contributed by atoms with E-state index < -0.39 is 0 Å². The number of nitrogens with zero attached hydrogens (tertiary/aromatic N) is 2. The van der Waals surface area contributed by atoms with Crippen molar-refractivity contribution in [3.63, 3.8) is 0 Å². The topological polar surface area (TPSA) is 80.1 Å². The fraction of sp³-hybridized carbons (Fsp3) is 0.381. The molecule has 30 heavy (non-hydrogen) atoms. The van der Waals surface area contributed by atoms with Crippen LogP contribution in [0.25, 0.3) is 0 Å². The zero-order valence-electron chi connectivity index (χ0n) is 16.4. The minimum Gasteiger partial charge on any atom is -0.445 e. The quantitative estimate of drug-likeness (QED) is 0.375. The van der Waals surface area contributed by atoms with Crippen molar-refractivity contribution in [3.05, 3.63) is 53.3 Å². The van der Waals surface area contributed by atoms with E-state index >= 15 is 0 Å². The molecule has 1 aliphatic carbocycles. The Hall–Kier alpha value is -2.03. The third-order valence-electron chi connectivity index (χ3n) is 4.98. The molecule has 0 bridgehead atoms. The molecule has 0 aliphatic heterocycles. The van der Waals surface area contributed by atoms with Crippen molar-refractivity contribution in [1.82, 2.24) is 9.97 Å². The summed E-state index contributed by atoms with van der Waals surface area (Å²) in [5.41, 5.74) is 0.552. The second-order valence-electron chi connectivity index (χ2n) is 7.26. The Balaban J connectivity index is 1.24. The van der Waals surface area contributed by atoms with Gasteiger partial charge in [0.2, 0.25) is 5.89 Å². The molecule has 1 fully saturated rings. The molecule has 1 saturated carbocycles. The van der Waals surface area contributed by atoms with Crippen LogP contribution in [-0.2, 0) is 12.2 Å². The summed E-state index contributed by atoms with van der Waals surface area (Å²) in [7, 11) is 0. The first kappa shape index (κ1) is 21.2. The van der Waals surface area contributed by atoms with Gasteiger partial charge in [0.15, 0.2) is 5.13 Å². The number of thioether (sulfide) groups is 1. The highest BCUT2D eigenvalue weighted by atomic mass is 35.5. The first-order valence-electron chi connectivity index (χ1n) is 10.0. The number of hydrogen-bond acceptors (Lipinski definition) is 6. The minimum atomic E-state index is -0.381. The first-order chi connectivity index (χ1) is 14.7. The Kier molecular flexibility index (Phi) is 7.30. The van der Waals surface area contributed by atoms with Crippen LogP contribution < -0.4 is 10.6 Å². The minimum absolute atomic E-state index is 0.381. The third kappa shape index (κ3) is 6.00. The van der Waals surface area contributed by atoms with Crippen LogP contribution >= 0.6 is 34.7 Å². The average Bonchev–Trinajstić information content (AvgIpc) is 3.38. The van der Waals surface area contributed by atoms with E-state index in [-0.39, 0.29) is 6.03 Å². The van der Waals surface area contributed by atoms with Gasteiger partial charge in [-0.1, -0.05) is 67.2 Å². The largest absolute Gasteiger partial charge is 0.445 e. The molecule has 9 heteroatoms. The summed E-state index contributed by atoms with van der Waals surface area (Å²) < 4.78 is 6.90. The molecular weight excluding hydrogens is 440 g/mol. The zero-order valence-corrected chi connectivity index (χ0v) is 18.8. The molecule has 1 aliphatic rings. The van der Waals surface area contributed by atoms with Gasteiger partial charge in [-0.25, -0.2) is 14.8 Å². The molecule has 2 heterocycles. The molecular formula is C21H23ClN4O2S2. The van der Waals surface area contributed by atoms with Crippen LogP contribution in [0.2, 0.25) is 5.02 Å². The highest BCUT2D eigenvalue weighted by Crippen LogP contribution is 2.32. The van der Waals surface area contributed by atoms with Gasteiger partial charge in [-0.3, -0.25) is 5.32 Å². The number of hydrogen-bond donors (Lipinski definition) is 2. The Morgan fingerprint density at radius 2 is 2.00 bits per heavy atom. The fourth-order valence-corrected chi connectivity index (χ4v) is 5.42. The number of aromatic nitrogens is 2. The number of amides is 2. The molecule has 2 amide bonds. The average molecular weight is 463 g/mol. The van der Waals surface area contributed by atoms with Crippen molar-refractivity contribution >= 4 is 51.5 Å². The van der Waals surface area contributed by atoms with Crippen molar-refractivity contribution in [3.8, 4) is 0 Å². The van der Waals surface area contributed by atoms with Crippen LogP contribution in [0, 0.1) is 5.92 Å². The molecule has 6 nitrogen and oxygen atoms in total. The van der Waals surface area contributed by atoms with Crippen molar-refractivity contribution in [1.29, 1.82) is 0 Å². The number of anilines is 2. The van der Waals surface area contributed by atoms with Gasteiger partial charge in [-0.15, -0.1) is 11.8 Å². The van der Waals surface area contributed by atoms with Crippen molar-refractivity contribution < 1.29 is 9.21 Å². The van der Waals surface area contributed by atoms with Crippen LogP contribution in [0.5, 0.6) is 0 Å². The van der Waals surface area contributed by atoms with E-state index in [1.165, 1.54) is 43.4 Å². The number of urea groups is 1. The number of halogens is 1. The van der Waals surface area contributed by atoms with Gasteiger partial charge < -0.3 is 9.73 Å². The van der Waals surface area contributed by atoms with Crippen LogP contribution in [-0.4, -0.2) is 16.0 Å². The van der Waals surface area contributed by atoms with E-state index in [4.69, 9.17) is 16.0 Å². The molecule has 3 aromatic rings. The lowest BCUT2D eigenvalue weighted by Gasteiger charge is -2.19. The molecule has 2 aromatic heterocycles. The van der Waals surface area contributed by atoms with Gasteiger partial charge in [0.1, 0.15) is 5.76 Å². The lowest BCUT2D eigenvalue weighted by atomic mass is 9.86. The van der Waals surface area contributed by atoms with Gasteiger partial charge in [0, 0.05) is 6.42 Å². The molecule has 0 atom stereocenters. The molecule has 1 aromatic carbocycles. The normalized spacial score (nSPS) is 14.6. The molecule has 2 N–H and O–H groups in total. The zero-order chi connectivity index (χ0) is 20.8. The smallest absolute Gasteiger partial charge is 0.325 e. The van der Waals surface area contributed by atoms with E-state index in [2.05, 4.69) is 20.6 Å². The summed E-state index contributed by atoms with van der Waals surface area (Å²) in [6, 6.07) is 6.70. The fourth-order valence-electron chi connectivity index (χ4n) is 3.51. The van der Waals surface area contributed by atoms with E-state index in [1.807, 2.05) is 18.3 Å². The summed E-state index contributed by atoms with van der Waals surface area (Å²) in [5.74, 6) is 3.09. The summed E-state index contributed by atoms with van der Waals surface area (Å²) in [6.45, 7) is 0. The molecule has 0 spiro atoms. The van der Waals surface area contributed by atoms with Gasteiger partial charge in [0.25, 0.3) is 0 Å². The lowest BCUT2D eigenvalue weighted by molar-refractivity contribution is 0.262. The Bertz CT molecular complexity index is 985.